The Balaban J connectivity index is 2.08. The van der Waals surface area contributed by atoms with E-state index in [1.807, 2.05) is 19.3 Å². The first-order valence-electron chi connectivity index (χ1n) is 8.01. The molecule has 3 nitrogen and oxygen atoms in total. The van der Waals surface area contributed by atoms with Crippen molar-refractivity contribution >= 4 is 0 Å². The molecule has 2 atom stereocenters. The van der Waals surface area contributed by atoms with Gasteiger partial charge in [0.1, 0.15) is 5.75 Å². The first kappa shape index (κ1) is 15.3. The van der Waals surface area contributed by atoms with Gasteiger partial charge in [0.25, 0.3) is 0 Å². The molecule has 0 amide bonds. The van der Waals surface area contributed by atoms with Crippen LogP contribution in [0.15, 0.2) is 18.5 Å². The van der Waals surface area contributed by atoms with Crippen LogP contribution in [0, 0.1) is 5.92 Å². The lowest BCUT2D eigenvalue weighted by Crippen LogP contribution is -2.33. The molecule has 0 saturated heterocycles. The van der Waals surface area contributed by atoms with Gasteiger partial charge < -0.3 is 10.1 Å². The largest absolute Gasteiger partial charge is 0.492 e. The zero-order valence-electron chi connectivity index (χ0n) is 13.1. The first-order chi connectivity index (χ1) is 9.70. The molecule has 1 fully saturated rings. The van der Waals surface area contributed by atoms with E-state index in [0.29, 0.717) is 18.6 Å². The standard InChI is InChI=1S/C17H28N2O/c1-4-20-16-9-15(10-18-12-16)17-8-6-5-7-14(17)11-19-13(2)3/h9-10,12-14,17,19H,4-8,11H2,1-3H3. The van der Waals surface area contributed by atoms with Gasteiger partial charge in [0.2, 0.25) is 0 Å². The fourth-order valence-electron chi connectivity index (χ4n) is 3.16. The van der Waals surface area contributed by atoms with Crippen LogP contribution in [-0.4, -0.2) is 24.2 Å². The number of rotatable bonds is 6. The Kier molecular flexibility index (Phi) is 5.84. The molecule has 2 unspecified atom stereocenters. The molecule has 2 rings (SSSR count). The minimum Gasteiger partial charge on any atom is -0.492 e. The van der Waals surface area contributed by atoms with Crippen LogP contribution in [0.1, 0.15) is 57.9 Å². The molecule has 1 N–H and O–H groups in total. The molecule has 0 aliphatic heterocycles. The van der Waals surface area contributed by atoms with Crippen molar-refractivity contribution in [3.05, 3.63) is 24.0 Å². The number of hydrogen-bond acceptors (Lipinski definition) is 3. The Morgan fingerprint density at radius 3 is 2.85 bits per heavy atom. The average Bonchev–Trinajstić information content (AvgIpc) is 2.46. The molecule has 1 aromatic rings. The third kappa shape index (κ3) is 4.20. The van der Waals surface area contributed by atoms with Gasteiger partial charge in [-0.25, -0.2) is 0 Å². The molecule has 1 aromatic heterocycles. The SMILES string of the molecule is CCOc1cncc(C2CCCCC2CNC(C)C)c1. The lowest BCUT2D eigenvalue weighted by molar-refractivity contribution is 0.287. The van der Waals surface area contributed by atoms with Crippen molar-refractivity contribution < 1.29 is 4.74 Å². The van der Waals surface area contributed by atoms with Crippen LogP contribution in [0.4, 0.5) is 0 Å². The lowest BCUT2D eigenvalue weighted by Gasteiger charge is -2.32. The predicted octanol–water partition coefficient (Wildman–Crippen LogP) is 3.75. The first-order valence-corrected chi connectivity index (χ1v) is 8.01. The molecule has 1 aliphatic carbocycles. The molecule has 0 aromatic carbocycles. The summed E-state index contributed by atoms with van der Waals surface area (Å²) in [6.07, 6.45) is 9.14. The van der Waals surface area contributed by atoms with Crippen molar-refractivity contribution in [2.24, 2.45) is 5.92 Å². The second-order valence-corrected chi connectivity index (χ2v) is 6.10. The maximum absolute atomic E-state index is 5.59. The Hall–Kier alpha value is -1.09. The summed E-state index contributed by atoms with van der Waals surface area (Å²) >= 11 is 0. The topological polar surface area (TPSA) is 34.1 Å². The van der Waals surface area contributed by atoms with Crippen LogP contribution in [0.25, 0.3) is 0 Å². The fourth-order valence-corrected chi connectivity index (χ4v) is 3.16. The average molecular weight is 276 g/mol. The predicted molar refractivity (Wildman–Crippen MR) is 83.2 cm³/mol. The monoisotopic (exact) mass is 276 g/mol. The normalized spacial score (nSPS) is 23.0. The van der Waals surface area contributed by atoms with Gasteiger partial charge in [0.05, 0.1) is 12.8 Å². The summed E-state index contributed by atoms with van der Waals surface area (Å²) in [5.41, 5.74) is 1.35. The van der Waals surface area contributed by atoms with Crippen LogP contribution >= 0.6 is 0 Å². The third-order valence-corrected chi connectivity index (χ3v) is 4.17. The van der Waals surface area contributed by atoms with Gasteiger partial charge in [-0.05, 0) is 49.8 Å². The van der Waals surface area contributed by atoms with Crippen LogP contribution < -0.4 is 10.1 Å². The van der Waals surface area contributed by atoms with Gasteiger partial charge in [-0.15, -0.1) is 0 Å². The molecular formula is C17H28N2O. The Morgan fingerprint density at radius 1 is 1.30 bits per heavy atom. The van der Waals surface area contributed by atoms with E-state index in [-0.39, 0.29) is 0 Å². The van der Waals surface area contributed by atoms with Gasteiger partial charge in [-0.3, -0.25) is 4.98 Å². The summed E-state index contributed by atoms with van der Waals surface area (Å²) in [5.74, 6) is 2.26. The maximum Gasteiger partial charge on any atom is 0.137 e. The van der Waals surface area contributed by atoms with Crippen molar-refractivity contribution in [3.63, 3.8) is 0 Å². The molecule has 0 bridgehead atoms. The number of ether oxygens (including phenoxy) is 1. The van der Waals surface area contributed by atoms with Gasteiger partial charge in [-0.2, -0.15) is 0 Å². The van der Waals surface area contributed by atoms with E-state index in [2.05, 4.69) is 30.2 Å². The molecule has 1 heterocycles. The molecule has 1 saturated carbocycles. The Labute approximate surface area is 123 Å². The van der Waals surface area contributed by atoms with Crippen LogP contribution in [0.2, 0.25) is 0 Å². The summed E-state index contributed by atoms with van der Waals surface area (Å²) in [6, 6.07) is 2.75. The van der Waals surface area contributed by atoms with Gasteiger partial charge in [-0.1, -0.05) is 26.7 Å². The number of aromatic nitrogens is 1. The van der Waals surface area contributed by atoms with Crippen molar-refractivity contribution in [1.82, 2.24) is 10.3 Å². The highest BCUT2D eigenvalue weighted by atomic mass is 16.5. The minimum atomic E-state index is 0.561. The van der Waals surface area contributed by atoms with Crippen LogP contribution in [-0.2, 0) is 0 Å². The van der Waals surface area contributed by atoms with Crippen molar-refractivity contribution in [3.8, 4) is 5.75 Å². The second kappa shape index (κ2) is 7.63. The highest BCUT2D eigenvalue weighted by Gasteiger charge is 2.26. The summed E-state index contributed by atoms with van der Waals surface area (Å²) in [5, 5.41) is 3.60. The summed E-state index contributed by atoms with van der Waals surface area (Å²) in [4.78, 5) is 4.36. The maximum atomic E-state index is 5.59. The zero-order valence-corrected chi connectivity index (χ0v) is 13.1. The van der Waals surface area contributed by atoms with E-state index >= 15 is 0 Å². The van der Waals surface area contributed by atoms with E-state index < -0.39 is 0 Å². The quantitative estimate of drug-likeness (QED) is 0.859. The highest BCUT2D eigenvalue weighted by Crippen LogP contribution is 2.38. The fraction of sp³-hybridized carbons (Fsp3) is 0.706. The Bertz CT molecular complexity index is 406. The minimum absolute atomic E-state index is 0.561. The molecular weight excluding hydrogens is 248 g/mol. The second-order valence-electron chi connectivity index (χ2n) is 6.10. The van der Waals surface area contributed by atoms with Crippen molar-refractivity contribution in [2.75, 3.05) is 13.2 Å². The number of nitrogens with zero attached hydrogens (tertiary/aromatic N) is 1. The Morgan fingerprint density at radius 2 is 2.10 bits per heavy atom. The smallest absolute Gasteiger partial charge is 0.137 e. The van der Waals surface area contributed by atoms with E-state index in [0.717, 1.165) is 18.2 Å². The van der Waals surface area contributed by atoms with Crippen LogP contribution in [0.3, 0.4) is 0 Å². The number of pyridine rings is 1. The van der Waals surface area contributed by atoms with Crippen molar-refractivity contribution in [2.45, 2.75) is 58.4 Å². The van der Waals surface area contributed by atoms with E-state index in [1.165, 1.54) is 31.2 Å². The molecule has 0 spiro atoms. The molecule has 0 radical (unpaired) electrons. The number of hydrogen-bond donors (Lipinski definition) is 1. The van der Waals surface area contributed by atoms with Crippen molar-refractivity contribution in [1.29, 1.82) is 0 Å². The molecule has 112 valence electrons. The lowest BCUT2D eigenvalue weighted by atomic mass is 9.76. The summed E-state index contributed by atoms with van der Waals surface area (Å²) < 4.78 is 5.59. The summed E-state index contributed by atoms with van der Waals surface area (Å²) in [6.45, 7) is 8.27. The van der Waals surface area contributed by atoms with Gasteiger partial charge in [0.15, 0.2) is 0 Å². The van der Waals surface area contributed by atoms with Gasteiger partial charge in [0, 0.05) is 12.2 Å². The van der Waals surface area contributed by atoms with Gasteiger partial charge >= 0.3 is 0 Å². The molecule has 20 heavy (non-hydrogen) atoms. The van der Waals surface area contributed by atoms with E-state index in [9.17, 15) is 0 Å². The van der Waals surface area contributed by atoms with E-state index in [4.69, 9.17) is 4.74 Å². The molecule has 1 aliphatic rings. The van der Waals surface area contributed by atoms with E-state index in [1.54, 1.807) is 0 Å². The third-order valence-electron chi connectivity index (χ3n) is 4.17. The number of nitrogens with one attached hydrogen (secondary N) is 1. The molecule has 3 heteroatoms. The van der Waals surface area contributed by atoms with Crippen LogP contribution in [0.5, 0.6) is 5.75 Å². The highest BCUT2D eigenvalue weighted by molar-refractivity contribution is 5.27. The summed E-state index contributed by atoms with van der Waals surface area (Å²) in [7, 11) is 0. The zero-order chi connectivity index (χ0) is 14.4.